The maximum Gasteiger partial charge on any atom is 0.154 e. The van der Waals surface area contributed by atoms with Gasteiger partial charge in [-0.2, -0.15) is 0 Å². The Bertz CT molecular complexity index is 387. The number of nitrogens with one attached hydrogen (secondary N) is 1. The number of aromatic nitrogens is 4. The first-order chi connectivity index (χ1) is 8.04. The van der Waals surface area contributed by atoms with Crippen LogP contribution in [0.4, 0.5) is 0 Å². The van der Waals surface area contributed by atoms with Crippen LogP contribution < -0.4 is 0 Å². The molecule has 2 heterocycles. The number of imidazole rings is 2. The summed E-state index contributed by atoms with van der Waals surface area (Å²) >= 11 is 0. The van der Waals surface area contributed by atoms with Gasteiger partial charge in [-0.3, -0.25) is 0 Å². The SMILES string of the molecule is CCCc1cnc[nH]1.C[Si](C)(C)n1ccnc1. The summed E-state index contributed by atoms with van der Waals surface area (Å²) in [6.45, 7) is 9.01. The molecule has 0 amide bonds. The molecule has 5 heteroatoms. The van der Waals surface area contributed by atoms with Crippen LogP contribution in [0, 0.1) is 0 Å². The lowest BCUT2D eigenvalue weighted by Crippen LogP contribution is -2.30. The smallest absolute Gasteiger partial charge is 0.154 e. The fraction of sp³-hybridized carbons (Fsp3) is 0.500. The molecule has 0 spiro atoms. The summed E-state index contributed by atoms with van der Waals surface area (Å²) in [6, 6.07) is 0. The van der Waals surface area contributed by atoms with Crippen LogP contribution in [0.2, 0.25) is 19.6 Å². The first-order valence-electron chi connectivity index (χ1n) is 5.99. The van der Waals surface area contributed by atoms with Crippen LogP contribution in [-0.4, -0.2) is 27.4 Å². The van der Waals surface area contributed by atoms with E-state index in [2.05, 4.69) is 45.7 Å². The summed E-state index contributed by atoms with van der Waals surface area (Å²) in [7, 11) is -1.13. The average Bonchev–Trinajstić information content (AvgIpc) is 2.90. The Balaban J connectivity index is 0.000000171. The minimum absolute atomic E-state index is 1.11. The summed E-state index contributed by atoms with van der Waals surface area (Å²) in [6.07, 6.45) is 11.6. The molecule has 0 radical (unpaired) electrons. The van der Waals surface area contributed by atoms with E-state index in [-0.39, 0.29) is 0 Å². The monoisotopic (exact) mass is 250 g/mol. The fourth-order valence-corrected chi connectivity index (χ4v) is 2.27. The van der Waals surface area contributed by atoms with Gasteiger partial charge in [0, 0.05) is 24.3 Å². The number of hydrogen-bond donors (Lipinski definition) is 1. The quantitative estimate of drug-likeness (QED) is 0.851. The fourth-order valence-electron chi connectivity index (χ4n) is 1.35. The predicted octanol–water partition coefficient (Wildman–Crippen LogP) is 2.93. The van der Waals surface area contributed by atoms with Crippen molar-refractivity contribution >= 4 is 8.24 Å². The second-order valence-corrected chi connectivity index (χ2v) is 9.83. The molecule has 2 aromatic rings. The second-order valence-electron chi connectivity index (χ2n) is 4.97. The molecular formula is C12H22N4Si. The van der Waals surface area contributed by atoms with Crippen LogP contribution in [0.25, 0.3) is 0 Å². The molecule has 0 unspecified atom stereocenters. The molecule has 2 aromatic heterocycles. The third-order valence-corrected chi connectivity index (χ3v) is 4.17. The van der Waals surface area contributed by atoms with Gasteiger partial charge < -0.3 is 9.22 Å². The Kier molecular flexibility index (Phi) is 5.15. The van der Waals surface area contributed by atoms with Crippen LogP contribution in [0.3, 0.4) is 0 Å². The van der Waals surface area contributed by atoms with Gasteiger partial charge in [0.25, 0.3) is 0 Å². The van der Waals surface area contributed by atoms with Gasteiger partial charge in [0.15, 0.2) is 8.24 Å². The lowest BCUT2D eigenvalue weighted by atomic mass is 10.3. The molecule has 17 heavy (non-hydrogen) atoms. The molecule has 0 aliphatic heterocycles. The van der Waals surface area contributed by atoms with Crippen LogP contribution in [0.1, 0.15) is 19.0 Å². The molecule has 1 N–H and O–H groups in total. The highest BCUT2D eigenvalue weighted by Crippen LogP contribution is 2.03. The molecule has 0 bridgehead atoms. The van der Waals surface area contributed by atoms with Gasteiger partial charge in [-0.05, 0) is 6.42 Å². The normalized spacial score (nSPS) is 10.8. The zero-order valence-corrected chi connectivity index (χ0v) is 12.1. The lowest BCUT2D eigenvalue weighted by molar-refractivity contribution is 0.892. The van der Waals surface area contributed by atoms with E-state index >= 15 is 0 Å². The van der Waals surface area contributed by atoms with Crippen molar-refractivity contribution in [2.45, 2.75) is 39.4 Å². The Labute approximate surface area is 104 Å². The highest BCUT2D eigenvalue weighted by Gasteiger charge is 2.13. The molecule has 2 rings (SSSR count). The van der Waals surface area contributed by atoms with E-state index in [4.69, 9.17) is 0 Å². The average molecular weight is 250 g/mol. The third-order valence-electron chi connectivity index (χ3n) is 2.35. The number of aryl methyl sites for hydroxylation is 1. The molecule has 0 fully saturated rings. The van der Waals surface area contributed by atoms with Crippen molar-refractivity contribution in [3.8, 4) is 0 Å². The molecular weight excluding hydrogens is 228 g/mol. The topological polar surface area (TPSA) is 46.5 Å². The van der Waals surface area contributed by atoms with Crippen LogP contribution in [-0.2, 0) is 6.42 Å². The van der Waals surface area contributed by atoms with E-state index < -0.39 is 8.24 Å². The van der Waals surface area contributed by atoms with E-state index in [0.29, 0.717) is 0 Å². The van der Waals surface area contributed by atoms with Crippen LogP contribution in [0.5, 0.6) is 0 Å². The number of hydrogen-bond acceptors (Lipinski definition) is 2. The number of H-pyrrole nitrogens is 1. The van der Waals surface area contributed by atoms with Gasteiger partial charge in [0.2, 0.25) is 0 Å². The van der Waals surface area contributed by atoms with E-state index in [1.54, 1.807) is 6.33 Å². The molecule has 4 nitrogen and oxygen atoms in total. The second kappa shape index (κ2) is 6.39. The van der Waals surface area contributed by atoms with Crippen molar-refractivity contribution in [2.75, 3.05) is 0 Å². The van der Waals surface area contributed by atoms with Crippen LogP contribution in [0.15, 0.2) is 31.2 Å². The molecule has 0 atom stereocenters. The summed E-state index contributed by atoms with van der Waals surface area (Å²) in [5, 5.41) is 0. The summed E-state index contributed by atoms with van der Waals surface area (Å²) in [4.78, 5) is 10.9. The molecule has 0 saturated carbocycles. The minimum atomic E-state index is -1.13. The largest absolute Gasteiger partial charge is 0.365 e. The first kappa shape index (κ1) is 13.7. The molecule has 0 aliphatic rings. The maximum absolute atomic E-state index is 3.99. The number of aromatic amines is 1. The highest BCUT2D eigenvalue weighted by atomic mass is 28.3. The molecule has 0 saturated heterocycles. The van der Waals surface area contributed by atoms with Crippen molar-refractivity contribution in [1.29, 1.82) is 0 Å². The molecule has 0 aromatic carbocycles. The number of nitrogens with zero attached hydrogens (tertiary/aromatic N) is 3. The minimum Gasteiger partial charge on any atom is -0.365 e. The van der Waals surface area contributed by atoms with E-state index in [1.807, 2.05) is 24.9 Å². The standard InChI is InChI=1S/C6H12N2Si.C6H10N2/c1-9(2,3)8-5-4-7-6-8;1-2-3-6-4-7-5-8-6/h4-6H,1-3H3;4-5H,2-3H2,1H3,(H,7,8). The van der Waals surface area contributed by atoms with Gasteiger partial charge in [-0.25, -0.2) is 9.97 Å². The maximum atomic E-state index is 3.99. The van der Waals surface area contributed by atoms with Gasteiger partial charge in [-0.1, -0.05) is 33.0 Å². The van der Waals surface area contributed by atoms with Crippen molar-refractivity contribution in [2.24, 2.45) is 0 Å². The zero-order chi connectivity index (χ0) is 12.7. The van der Waals surface area contributed by atoms with E-state index in [0.717, 1.165) is 6.42 Å². The Hall–Kier alpha value is -1.36. The van der Waals surface area contributed by atoms with E-state index in [1.165, 1.54) is 12.1 Å². The van der Waals surface area contributed by atoms with Crippen molar-refractivity contribution < 1.29 is 0 Å². The lowest BCUT2D eigenvalue weighted by Gasteiger charge is -2.16. The predicted molar refractivity (Wildman–Crippen MR) is 73.6 cm³/mol. The van der Waals surface area contributed by atoms with Crippen molar-refractivity contribution in [3.63, 3.8) is 0 Å². The summed E-state index contributed by atoms with van der Waals surface area (Å²) in [5.74, 6) is 0. The van der Waals surface area contributed by atoms with Gasteiger partial charge in [-0.15, -0.1) is 0 Å². The number of rotatable bonds is 3. The Morgan fingerprint density at radius 1 is 1.29 bits per heavy atom. The molecule has 94 valence electrons. The first-order valence-corrected chi connectivity index (χ1v) is 9.44. The Morgan fingerprint density at radius 3 is 2.41 bits per heavy atom. The highest BCUT2D eigenvalue weighted by molar-refractivity contribution is 6.74. The van der Waals surface area contributed by atoms with Crippen molar-refractivity contribution in [1.82, 2.24) is 19.2 Å². The van der Waals surface area contributed by atoms with E-state index in [9.17, 15) is 0 Å². The zero-order valence-electron chi connectivity index (χ0n) is 11.1. The summed E-state index contributed by atoms with van der Waals surface area (Å²) < 4.78 is 2.22. The molecule has 0 aliphatic carbocycles. The van der Waals surface area contributed by atoms with Crippen molar-refractivity contribution in [3.05, 3.63) is 36.9 Å². The van der Waals surface area contributed by atoms with Gasteiger partial charge in [0.1, 0.15) is 0 Å². The summed E-state index contributed by atoms with van der Waals surface area (Å²) in [5.41, 5.74) is 1.23. The van der Waals surface area contributed by atoms with Gasteiger partial charge in [0.05, 0.1) is 12.7 Å². The third kappa shape index (κ3) is 4.99. The Morgan fingerprint density at radius 2 is 2.06 bits per heavy atom. The van der Waals surface area contributed by atoms with Gasteiger partial charge >= 0.3 is 0 Å². The van der Waals surface area contributed by atoms with Crippen LogP contribution >= 0.6 is 0 Å².